The van der Waals surface area contributed by atoms with Crippen molar-refractivity contribution in [3.63, 3.8) is 0 Å². The molecule has 0 saturated heterocycles. The molecule has 0 aliphatic rings. The third kappa shape index (κ3) is 4.78. The maximum atomic E-state index is 12.3. The van der Waals surface area contributed by atoms with Crippen LogP contribution in [0.15, 0.2) is 83.0 Å². The maximum Gasteiger partial charge on any atom is 0.321 e. The predicted octanol–water partition coefficient (Wildman–Crippen LogP) is 3.34. The average Bonchev–Trinajstić information content (AvgIpc) is 2.80. The van der Waals surface area contributed by atoms with Gasteiger partial charge in [-0.25, -0.2) is 20.4 Å². The van der Waals surface area contributed by atoms with Gasteiger partial charge in [0.15, 0.2) is 0 Å². The number of aromatic nitrogens is 4. The Balaban J connectivity index is 1.53. The molecule has 9 heteroatoms. The Bertz CT molecular complexity index is 1310. The van der Waals surface area contributed by atoms with Crippen LogP contribution < -0.4 is 15.7 Å². The van der Waals surface area contributed by atoms with E-state index < -0.39 is 5.56 Å². The lowest BCUT2D eigenvalue weighted by Gasteiger charge is -2.06. The number of hydrazone groups is 1. The fraction of sp³-hybridized carbons (Fsp3) is 0. The van der Waals surface area contributed by atoms with Gasteiger partial charge in [0.05, 0.1) is 11.9 Å². The van der Waals surface area contributed by atoms with Crippen molar-refractivity contribution in [2.75, 3.05) is 5.43 Å². The second-order valence-electron chi connectivity index (χ2n) is 6.19. The number of nitriles is 1. The third-order valence-corrected chi connectivity index (χ3v) is 4.07. The van der Waals surface area contributed by atoms with Crippen molar-refractivity contribution in [1.82, 2.24) is 19.9 Å². The number of nitrogens with one attached hydrogen (secondary N) is 2. The number of aromatic amines is 1. The fourth-order valence-electron chi connectivity index (χ4n) is 2.70. The highest BCUT2D eigenvalue weighted by atomic mass is 16.5. The van der Waals surface area contributed by atoms with Crippen molar-refractivity contribution in [2.45, 2.75) is 0 Å². The Morgan fingerprint density at radius 2 is 1.87 bits per heavy atom. The first-order chi connectivity index (χ1) is 15.2. The zero-order valence-electron chi connectivity index (χ0n) is 16.1. The Hall–Kier alpha value is -4.84. The first-order valence-electron chi connectivity index (χ1n) is 9.17. The minimum Gasteiger partial charge on any atom is -0.424 e. The number of hydrogen-bond donors (Lipinski definition) is 2. The molecule has 4 aromatic rings. The van der Waals surface area contributed by atoms with E-state index in [0.717, 1.165) is 5.56 Å². The van der Waals surface area contributed by atoms with E-state index in [-0.39, 0.29) is 23.2 Å². The predicted molar refractivity (Wildman–Crippen MR) is 115 cm³/mol. The van der Waals surface area contributed by atoms with Gasteiger partial charge in [-0.2, -0.15) is 10.4 Å². The zero-order chi connectivity index (χ0) is 21.5. The van der Waals surface area contributed by atoms with Gasteiger partial charge in [-0.15, -0.1) is 0 Å². The third-order valence-electron chi connectivity index (χ3n) is 4.07. The van der Waals surface area contributed by atoms with E-state index in [4.69, 9.17) is 4.74 Å². The van der Waals surface area contributed by atoms with Crippen molar-refractivity contribution in [1.29, 1.82) is 5.26 Å². The van der Waals surface area contributed by atoms with Gasteiger partial charge in [0.2, 0.25) is 5.95 Å². The van der Waals surface area contributed by atoms with Crippen LogP contribution in [0.25, 0.3) is 11.3 Å². The van der Waals surface area contributed by atoms with E-state index in [2.05, 4.69) is 30.5 Å². The lowest BCUT2D eigenvalue weighted by Crippen LogP contribution is -2.16. The van der Waals surface area contributed by atoms with Crippen LogP contribution in [0.3, 0.4) is 0 Å². The summed E-state index contributed by atoms with van der Waals surface area (Å²) >= 11 is 0. The molecule has 0 unspecified atom stereocenters. The molecule has 2 heterocycles. The lowest BCUT2D eigenvalue weighted by atomic mass is 10.1. The Morgan fingerprint density at radius 1 is 1.06 bits per heavy atom. The molecule has 0 fully saturated rings. The van der Waals surface area contributed by atoms with Crippen LogP contribution in [0.4, 0.5) is 5.95 Å². The average molecular weight is 409 g/mol. The summed E-state index contributed by atoms with van der Waals surface area (Å²) in [6.45, 7) is 0. The smallest absolute Gasteiger partial charge is 0.321 e. The van der Waals surface area contributed by atoms with Gasteiger partial charge in [0, 0.05) is 18.0 Å². The van der Waals surface area contributed by atoms with Crippen LogP contribution in [0.2, 0.25) is 0 Å². The quantitative estimate of drug-likeness (QED) is 0.369. The summed E-state index contributed by atoms with van der Waals surface area (Å²) < 4.78 is 5.59. The monoisotopic (exact) mass is 409 g/mol. The van der Waals surface area contributed by atoms with Crippen molar-refractivity contribution >= 4 is 12.2 Å². The summed E-state index contributed by atoms with van der Waals surface area (Å²) in [4.78, 5) is 27.2. The van der Waals surface area contributed by atoms with E-state index in [9.17, 15) is 10.1 Å². The van der Waals surface area contributed by atoms with Crippen LogP contribution in [0, 0.1) is 11.3 Å². The number of nitrogens with zero attached hydrogens (tertiary/aromatic N) is 5. The molecule has 2 aromatic carbocycles. The van der Waals surface area contributed by atoms with Crippen LogP contribution >= 0.6 is 0 Å². The molecule has 0 radical (unpaired) electrons. The minimum atomic E-state index is -0.549. The molecule has 31 heavy (non-hydrogen) atoms. The number of benzene rings is 2. The molecule has 150 valence electrons. The zero-order valence-corrected chi connectivity index (χ0v) is 16.1. The summed E-state index contributed by atoms with van der Waals surface area (Å²) in [5, 5.41) is 13.4. The Labute approximate surface area is 176 Å². The topological polar surface area (TPSA) is 129 Å². The number of hydrogen-bond acceptors (Lipinski definition) is 8. The van der Waals surface area contributed by atoms with Gasteiger partial charge in [0.25, 0.3) is 5.56 Å². The molecule has 0 bridgehead atoms. The molecule has 9 nitrogen and oxygen atoms in total. The van der Waals surface area contributed by atoms with Gasteiger partial charge >= 0.3 is 6.01 Å². The van der Waals surface area contributed by atoms with Crippen molar-refractivity contribution in [2.24, 2.45) is 5.10 Å². The van der Waals surface area contributed by atoms with E-state index in [1.165, 1.54) is 0 Å². The summed E-state index contributed by atoms with van der Waals surface area (Å²) in [5.41, 5.74) is 3.76. The van der Waals surface area contributed by atoms with Gasteiger partial charge in [-0.1, -0.05) is 42.5 Å². The first kappa shape index (κ1) is 19.5. The maximum absolute atomic E-state index is 12.3. The minimum absolute atomic E-state index is 0.0614. The Kier molecular flexibility index (Phi) is 5.72. The van der Waals surface area contributed by atoms with Gasteiger partial charge < -0.3 is 4.74 Å². The van der Waals surface area contributed by atoms with E-state index in [0.29, 0.717) is 11.3 Å². The summed E-state index contributed by atoms with van der Waals surface area (Å²) in [6, 6.07) is 20.0. The number of anilines is 1. The largest absolute Gasteiger partial charge is 0.424 e. The standard InChI is InChI=1S/C22H15N7O2/c23-13-18-19(16-7-2-1-3-8-16)27-21(28-20(18)30)29-26-14-15-6-4-9-17(12-15)31-22-24-10-5-11-25-22/h1-12,14H,(H2,27,28,29,30). The van der Waals surface area contributed by atoms with Crippen LogP contribution in [-0.4, -0.2) is 26.2 Å². The first-order valence-corrected chi connectivity index (χ1v) is 9.17. The molecule has 0 saturated carbocycles. The molecule has 2 N–H and O–H groups in total. The highest BCUT2D eigenvalue weighted by Gasteiger charge is 2.12. The fourth-order valence-corrected chi connectivity index (χ4v) is 2.70. The van der Waals surface area contributed by atoms with Gasteiger partial charge in [-0.3, -0.25) is 9.78 Å². The molecule has 4 rings (SSSR count). The molecule has 0 atom stereocenters. The lowest BCUT2D eigenvalue weighted by molar-refractivity contribution is 0.441. The van der Waals surface area contributed by atoms with Gasteiger partial charge in [0.1, 0.15) is 17.4 Å². The Morgan fingerprint density at radius 3 is 2.65 bits per heavy atom. The summed E-state index contributed by atoms with van der Waals surface area (Å²) in [5.74, 6) is 0.663. The van der Waals surface area contributed by atoms with Crippen LogP contribution in [-0.2, 0) is 0 Å². The van der Waals surface area contributed by atoms with E-state index >= 15 is 0 Å². The highest BCUT2D eigenvalue weighted by molar-refractivity contribution is 5.80. The molecule has 0 aliphatic heterocycles. The van der Waals surface area contributed by atoms with Crippen molar-refractivity contribution in [3.05, 3.63) is 94.5 Å². The molecular formula is C22H15N7O2. The van der Waals surface area contributed by atoms with E-state index in [1.807, 2.05) is 18.2 Å². The van der Waals surface area contributed by atoms with Crippen molar-refractivity contribution < 1.29 is 4.74 Å². The van der Waals surface area contributed by atoms with Gasteiger partial charge in [-0.05, 0) is 23.8 Å². The molecule has 0 spiro atoms. The molecule has 2 aromatic heterocycles. The highest BCUT2D eigenvalue weighted by Crippen LogP contribution is 2.20. The SMILES string of the molecule is N#Cc1c(-c2ccccc2)nc(NN=Cc2cccc(Oc3ncccn3)c2)[nH]c1=O. The molecule has 0 amide bonds. The second-order valence-corrected chi connectivity index (χ2v) is 6.19. The number of rotatable bonds is 6. The van der Waals surface area contributed by atoms with E-state index in [1.54, 1.807) is 67.1 Å². The normalized spacial score (nSPS) is 10.5. The second kappa shape index (κ2) is 9.11. The van der Waals surface area contributed by atoms with Crippen molar-refractivity contribution in [3.8, 4) is 29.1 Å². The molecule has 0 aliphatic carbocycles. The summed E-state index contributed by atoms with van der Waals surface area (Å²) in [7, 11) is 0. The number of H-pyrrole nitrogens is 1. The summed E-state index contributed by atoms with van der Waals surface area (Å²) in [6.07, 6.45) is 4.72. The van der Waals surface area contributed by atoms with Crippen LogP contribution in [0.5, 0.6) is 11.8 Å². The van der Waals surface area contributed by atoms with Crippen LogP contribution in [0.1, 0.15) is 11.1 Å². The number of ether oxygens (including phenoxy) is 1. The molecular weight excluding hydrogens is 394 g/mol.